The molecular weight excluding hydrogens is 264 g/mol. The lowest BCUT2D eigenvalue weighted by Crippen LogP contribution is -2.33. The Morgan fingerprint density at radius 1 is 1.58 bits per heavy atom. The highest BCUT2D eigenvalue weighted by atomic mass is 32.2. The highest BCUT2D eigenvalue weighted by molar-refractivity contribution is 7.99. The molecule has 3 rings (SSSR count). The summed E-state index contributed by atoms with van der Waals surface area (Å²) in [7, 11) is 0. The predicted octanol–water partition coefficient (Wildman–Crippen LogP) is 0.594. The molecule has 0 atom stereocenters. The lowest BCUT2D eigenvalue weighted by atomic mass is 10.1. The molecule has 0 saturated heterocycles. The highest BCUT2D eigenvalue weighted by Gasteiger charge is 2.42. The quantitative estimate of drug-likeness (QED) is 0.716. The van der Waals surface area contributed by atoms with E-state index in [1.807, 2.05) is 4.57 Å². The van der Waals surface area contributed by atoms with Crippen molar-refractivity contribution in [2.45, 2.75) is 36.9 Å². The molecule has 0 aromatic carbocycles. The van der Waals surface area contributed by atoms with Crippen LogP contribution in [0, 0.1) is 5.41 Å². The summed E-state index contributed by atoms with van der Waals surface area (Å²) in [6.45, 7) is 0.745. The molecule has 1 aromatic heterocycles. The van der Waals surface area contributed by atoms with E-state index in [4.69, 9.17) is 0 Å². The molecule has 0 aliphatic heterocycles. The van der Waals surface area contributed by atoms with Crippen molar-refractivity contribution in [1.29, 1.82) is 0 Å². The maximum atomic E-state index is 11.8. The predicted molar refractivity (Wildman–Crippen MR) is 70.8 cm³/mol. The van der Waals surface area contributed by atoms with Crippen LogP contribution in [0.4, 0.5) is 0 Å². The number of amides is 1. The van der Waals surface area contributed by atoms with Crippen LogP contribution in [0.15, 0.2) is 11.5 Å². The van der Waals surface area contributed by atoms with E-state index in [1.54, 1.807) is 6.33 Å². The molecule has 0 unspecified atom stereocenters. The lowest BCUT2D eigenvalue weighted by Gasteiger charge is -2.12. The molecule has 7 heteroatoms. The number of aliphatic hydroxyl groups excluding tert-OH is 1. The number of rotatable bonds is 7. The van der Waals surface area contributed by atoms with Crippen LogP contribution >= 0.6 is 11.8 Å². The number of carbonyl (C=O) groups is 1. The molecule has 2 saturated carbocycles. The average Bonchev–Trinajstić information content (AvgIpc) is 3.34. The molecule has 2 aliphatic carbocycles. The fourth-order valence-corrected chi connectivity index (χ4v) is 2.79. The van der Waals surface area contributed by atoms with Crippen LogP contribution < -0.4 is 5.32 Å². The van der Waals surface area contributed by atoms with E-state index in [0.29, 0.717) is 18.3 Å². The van der Waals surface area contributed by atoms with Gasteiger partial charge in [0, 0.05) is 18.0 Å². The summed E-state index contributed by atoms with van der Waals surface area (Å²) in [6.07, 6.45) is 6.11. The first kappa shape index (κ1) is 12.9. The second-order valence-electron chi connectivity index (χ2n) is 5.48. The summed E-state index contributed by atoms with van der Waals surface area (Å²) in [5.41, 5.74) is -0.0334. The summed E-state index contributed by atoms with van der Waals surface area (Å²) >= 11 is 1.42. The van der Waals surface area contributed by atoms with E-state index < -0.39 is 0 Å². The average molecular weight is 282 g/mol. The molecule has 0 radical (unpaired) electrons. The molecule has 0 bridgehead atoms. The van der Waals surface area contributed by atoms with Crippen molar-refractivity contribution >= 4 is 17.7 Å². The Kier molecular flexibility index (Phi) is 3.49. The summed E-state index contributed by atoms with van der Waals surface area (Å²) < 4.78 is 2.05. The number of aromatic nitrogens is 3. The fraction of sp³-hybridized carbons (Fsp3) is 0.750. The number of carbonyl (C=O) groups excluding carboxylic acids is 1. The van der Waals surface area contributed by atoms with Gasteiger partial charge in [0.25, 0.3) is 0 Å². The SMILES string of the molecule is O=C(CSc1nncn1C1CC1)NCC1(CO)CC1. The van der Waals surface area contributed by atoms with Crippen LogP contribution in [0.3, 0.4) is 0 Å². The van der Waals surface area contributed by atoms with E-state index in [1.165, 1.54) is 24.6 Å². The zero-order valence-corrected chi connectivity index (χ0v) is 11.5. The second-order valence-corrected chi connectivity index (χ2v) is 6.42. The van der Waals surface area contributed by atoms with Gasteiger partial charge in [0.1, 0.15) is 6.33 Å². The third-order valence-electron chi connectivity index (χ3n) is 3.77. The topological polar surface area (TPSA) is 80.0 Å². The van der Waals surface area contributed by atoms with Gasteiger partial charge in [0.2, 0.25) is 5.91 Å². The van der Waals surface area contributed by atoms with Crippen LogP contribution in [0.5, 0.6) is 0 Å². The number of nitrogens with zero attached hydrogens (tertiary/aromatic N) is 3. The first-order valence-corrected chi connectivity index (χ1v) is 7.61. The lowest BCUT2D eigenvalue weighted by molar-refractivity contribution is -0.118. The second kappa shape index (κ2) is 5.13. The number of nitrogens with one attached hydrogen (secondary N) is 1. The maximum absolute atomic E-state index is 11.8. The molecule has 1 aromatic rings. The molecule has 2 aliphatic rings. The molecule has 1 amide bonds. The monoisotopic (exact) mass is 282 g/mol. The highest BCUT2D eigenvalue weighted by Crippen LogP contribution is 2.44. The normalized spacial score (nSPS) is 20.3. The van der Waals surface area contributed by atoms with Crippen molar-refractivity contribution < 1.29 is 9.90 Å². The van der Waals surface area contributed by atoms with E-state index >= 15 is 0 Å². The summed E-state index contributed by atoms with van der Waals surface area (Å²) in [5, 5.41) is 20.8. The van der Waals surface area contributed by atoms with Gasteiger partial charge in [-0.3, -0.25) is 4.79 Å². The van der Waals surface area contributed by atoms with Gasteiger partial charge in [-0.1, -0.05) is 11.8 Å². The standard InChI is InChI=1S/C12H18N4O2S/c17-7-12(3-4-12)6-13-10(18)5-19-11-15-14-8-16(11)9-1-2-9/h8-9,17H,1-7H2,(H,13,18). The van der Waals surface area contributed by atoms with Gasteiger partial charge in [-0.05, 0) is 25.7 Å². The van der Waals surface area contributed by atoms with Gasteiger partial charge >= 0.3 is 0 Å². The Morgan fingerprint density at radius 2 is 2.37 bits per heavy atom. The first-order valence-electron chi connectivity index (χ1n) is 6.62. The third kappa shape index (κ3) is 3.09. The minimum absolute atomic E-state index is 0.00456. The van der Waals surface area contributed by atoms with Crippen LogP contribution in [-0.2, 0) is 4.79 Å². The van der Waals surface area contributed by atoms with E-state index in [9.17, 15) is 9.90 Å². The smallest absolute Gasteiger partial charge is 0.230 e. The van der Waals surface area contributed by atoms with Crippen molar-refractivity contribution in [3.8, 4) is 0 Å². The summed E-state index contributed by atoms with van der Waals surface area (Å²) in [6, 6.07) is 0.532. The maximum Gasteiger partial charge on any atom is 0.230 e. The van der Waals surface area contributed by atoms with Crippen molar-refractivity contribution in [2.75, 3.05) is 18.9 Å². The molecular formula is C12H18N4O2S. The van der Waals surface area contributed by atoms with Crippen LogP contribution in [-0.4, -0.2) is 44.7 Å². The molecule has 104 valence electrons. The van der Waals surface area contributed by atoms with Crippen LogP contribution in [0.25, 0.3) is 0 Å². The largest absolute Gasteiger partial charge is 0.396 e. The Bertz CT molecular complexity index is 468. The van der Waals surface area contributed by atoms with Gasteiger partial charge in [-0.15, -0.1) is 10.2 Å². The van der Waals surface area contributed by atoms with E-state index in [2.05, 4.69) is 15.5 Å². The Hall–Kier alpha value is -1.08. The van der Waals surface area contributed by atoms with Crippen molar-refractivity contribution in [3.05, 3.63) is 6.33 Å². The van der Waals surface area contributed by atoms with Gasteiger partial charge in [-0.25, -0.2) is 0 Å². The van der Waals surface area contributed by atoms with Gasteiger partial charge in [-0.2, -0.15) is 0 Å². The zero-order valence-electron chi connectivity index (χ0n) is 10.7. The minimum atomic E-state index is -0.0334. The van der Waals surface area contributed by atoms with Crippen molar-refractivity contribution in [2.24, 2.45) is 5.41 Å². The van der Waals surface area contributed by atoms with Crippen LogP contribution in [0.2, 0.25) is 0 Å². The molecule has 6 nitrogen and oxygen atoms in total. The van der Waals surface area contributed by atoms with Crippen LogP contribution in [0.1, 0.15) is 31.7 Å². The fourth-order valence-electron chi connectivity index (χ4n) is 1.97. The molecule has 19 heavy (non-hydrogen) atoms. The van der Waals surface area contributed by atoms with Gasteiger partial charge in [0.15, 0.2) is 5.16 Å². The zero-order chi connectivity index (χ0) is 13.3. The first-order chi connectivity index (χ1) is 9.22. The molecule has 0 spiro atoms. The van der Waals surface area contributed by atoms with Crippen molar-refractivity contribution in [3.63, 3.8) is 0 Å². The number of hydrogen-bond donors (Lipinski definition) is 2. The number of aliphatic hydroxyl groups is 1. The molecule has 2 N–H and O–H groups in total. The molecule has 2 fully saturated rings. The Balaban J connectivity index is 1.43. The summed E-state index contributed by atoms with van der Waals surface area (Å²) in [4.78, 5) is 11.8. The number of thioether (sulfide) groups is 1. The van der Waals surface area contributed by atoms with E-state index in [0.717, 1.165) is 18.0 Å². The summed E-state index contributed by atoms with van der Waals surface area (Å²) in [5.74, 6) is 0.350. The number of hydrogen-bond acceptors (Lipinski definition) is 5. The van der Waals surface area contributed by atoms with Crippen molar-refractivity contribution in [1.82, 2.24) is 20.1 Å². The van der Waals surface area contributed by atoms with Gasteiger partial charge < -0.3 is 15.0 Å². The minimum Gasteiger partial charge on any atom is -0.396 e. The Morgan fingerprint density at radius 3 is 3.00 bits per heavy atom. The van der Waals surface area contributed by atoms with E-state index in [-0.39, 0.29) is 17.9 Å². The third-order valence-corrected chi connectivity index (χ3v) is 4.72. The Labute approximate surface area is 116 Å². The molecule has 1 heterocycles. The van der Waals surface area contributed by atoms with Gasteiger partial charge in [0.05, 0.1) is 12.4 Å².